The lowest BCUT2D eigenvalue weighted by atomic mass is 10.1. The zero-order chi connectivity index (χ0) is 23.1. The summed E-state index contributed by atoms with van der Waals surface area (Å²) in [5, 5.41) is 10.1. The maximum Gasteiger partial charge on any atom is 0.330 e. The highest BCUT2D eigenvalue weighted by Crippen LogP contribution is 2.28. The molecule has 0 aliphatic rings. The molecule has 1 atom stereocenters. The van der Waals surface area contributed by atoms with Crippen molar-refractivity contribution in [3.05, 3.63) is 77.9 Å². The van der Waals surface area contributed by atoms with Gasteiger partial charge in [0.1, 0.15) is 5.60 Å². The van der Waals surface area contributed by atoms with Crippen LogP contribution in [0.4, 0.5) is 0 Å². The van der Waals surface area contributed by atoms with E-state index in [-0.39, 0.29) is 24.5 Å². The molecule has 2 rings (SSSR count). The van der Waals surface area contributed by atoms with E-state index in [2.05, 4.69) is 0 Å². The summed E-state index contributed by atoms with van der Waals surface area (Å²) in [6.07, 6.45) is 3.18. The summed E-state index contributed by atoms with van der Waals surface area (Å²) in [6, 6.07) is 14.9. The Hall–Kier alpha value is -2.48. The number of aliphatic hydroxyl groups excluding tert-OH is 1. The summed E-state index contributed by atoms with van der Waals surface area (Å²) >= 11 is 0. The lowest BCUT2D eigenvalue weighted by Gasteiger charge is -2.30. The van der Waals surface area contributed by atoms with Gasteiger partial charge in [-0.05, 0) is 51.8 Å². The molecular formula is C24H31NO5S. The van der Waals surface area contributed by atoms with Crippen molar-refractivity contribution in [1.82, 2.24) is 4.31 Å². The van der Waals surface area contributed by atoms with Crippen molar-refractivity contribution in [3.63, 3.8) is 0 Å². The molecule has 0 amide bonds. The van der Waals surface area contributed by atoms with Gasteiger partial charge in [-0.25, -0.2) is 13.2 Å². The quantitative estimate of drug-likeness (QED) is 0.466. The maximum absolute atomic E-state index is 13.4. The number of rotatable bonds is 9. The van der Waals surface area contributed by atoms with E-state index in [1.54, 1.807) is 75.4 Å². The Morgan fingerprint density at radius 2 is 1.71 bits per heavy atom. The van der Waals surface area contributed by atoms with E-state index in [0.717, 1.165) is 5.56 Å². The number of ether oxygens (including phenoxy) is 1. The minimum Gasteiger partial charge on any atom is -0.457 e. The number of nitrogens with zero attached hydrogens (tertiary/aromatic N) is 1. The highest BCUT2D eigenvalue weighted by Gasteiger charge is 2.31. The van der Waals surface area contributed by atoms with Crippen molar-refractivity contribution < 1.29 is 23.1 Å². The second kappa shape index (κ2) is 10.7. The smallest absolute Gasteiger partial charge is 0.330 e. The molecule has 0 aliphatic carbocycles. The Morgan fingerprint density at radius 3 is 2.26 bits per heavy atom. The lowest BCUT2D eigenvalue weighted by molar-refractivity contribution is -0.148. The minimum absolute atomic E-state index is 0.0929. The normalized spacial score (nSPS) is 13.5. The molecule has 0 heterocycles. The Morgan fingerprint density at radius 1 is 1.10 bits per heavy atom. The first-order chi connectivity index (χ1) is 14.5. The van der Waals surface area contributed by atoms with Gasteiger partial charge >= 0.3 is 5.97 Å². The topological polar surface area (TPSA) is 83.9 Å². The van der Waals surface area contributed by atoms with Crippen molar-refractivity contribution in [1.29, 1.82) is 0 Å². The number of esters is 1. The summed E-state index contributed by atoms with van der Waals surface area (Å²) in [6.45, 7) is 6.94. The zero-order valence-corrected chi connectivity index (χ0v) is 19.3. The van der Waals surface area contributed by atoms with Crippen LogP contribution in [-0.2, 0) is 19.6 Å². The van der Waals surface area contributed by atoms with Gasteiger partial charge in [-0.15, -0.1) is 0 Å². The first-order valence-electron chi connectivity index (χ1n) is 10.2. The van der Waals surface area contributed by atoms with Crippen LogP contribution >= 0.6 is 0 Å². The highest BCUT2D eigenvalue weighted by molar-refractivity contribution is 7.89. The van der Waals surface area contributed by atoms with Gasteiger partial charge < -0.3 is 9.84 Å². The number of carbonyl (C=O) groups is 1. The SMILES string of the molecule is Cc1ccc(S(=O)(=O)N(CC/C=C/C(=O)OC(C)(C)C)[C@H](CO)c2ccccc2)cc1. The fraction of sp³-hybridized carbons (Fsp3) is 0.375. The number of sulfonamides is 1. The van der Waals surface area contributed by atoms with Crippen LogP contribution in [0.25, 0.3) is 0 Å². The highest BCUT2D eigenvalue weighted by atomic mass is 32.2. The molecule has 0 spiro atoms. The van der Waals surface area contributed by atoms with Gasteiger partial charge in [0.25, 0.3) is 0 Å². The van der Waals surface area contributed by atoms with Crippen LogP contribution in [0.2, 0.25) is 0 Å². The first-order valence-corrected chi connectivity index (χ1v) is 11.6. The fourth-order valence-electron chi connectivity index (χ4n) is 3.04. The molecule has 0 bridgehead atoms. The summed E-state index contributed by atoms with van der Waals surface area (Å²) in [5.41, 5.74) is 1.04. The molecule has 2 aromatic carbocycles. The number of aryl methyl sites for hydroxylation is 1. The first kappa shape index (κ1) is 24.8. The third-order valence-electron chi connectivity index (χ3n) is 4.51. The minimum atomic E-state index is -3.88. The largest absolute Gasteiger partial charge is 0.457 e. The Balaban J connectivity index is 2.30. The Kier molecular flexibility index (Phi) is 8.56. The predicted octanol–water partition coefficient (Wildman–Crippen LogP) is 4.01. The molecule has 2 aromatic rings. The summed E-state index contributed by atoms with van der Waals surface area (Å²) < 4.78 is 33.4. The number of carbonyl (C=O) groups excluding carboxylic acids is 1. The van der Waals surface area contributed by atoms with Crippen LogP contribution in [0.5, 0.6) is 0 Å². The van der Waals surface area contributed by atoms with Gasteiger partial charge in [0.05, 0.1) is 17.5 Å². The van der Waals surface area contributed by atoms with E-state index >= 15 is 0 Å². The van der Waals surface area contributed by atoms with Crippen molar-refractivity contribution in [2.24, 2.45) is 0 Å². The molecule has 6 nitrogen and oxygen atoms in total. The van der Waals surface area contributed by atoms with E-state index in [9.17, 15) is 18.3 Å². The predicted molar refractivity (Wildman–Crippen MR) is 121 cm³/mol. The van der Waals surface area contributed by atoms with Crippen LogP contribution in [-0.4, -0.2) is 42.6 Å². The summed E-state index contributed by atoms with van der Waals surface area (Å²) in [4.78, 5) is 12.0. The molecule has 0 unspecified atom stereocenters. The molecule has 0 aliphatic heterocycles. The number of aliphatic hydroxyl groups is 1. The van der Waals surface area contributed by atoms with Crippen LogP contribution < -0.4 is 0 Å². The zero-order valence-electron chi connectivity index (χ0n) is 18.5. The van der Waals surface area contributed by atoms with Crippen molar-refractivity contribution in [3.8, 4) is 0 Å². The van der Waals surface area contributed by atoms with Gasteiger partial charge in [-0.3, -0.25) is 0 Å². The van der Waals surface area contributed by atoms with Crippen LogP contribution in [0.15, 0.2) is 71.6 Å². The van der Waals surface area contributed by atoms with E-state index in [4.69, 9.17) is 4.74 Å². The molecule has 0 radical (unpaired) electrons. The number of benzene rings is 2. The molecule has 1 N–H and O–H groups in total. The average Bonchev–Trinajstić information content (AvgIpc) is 2.70. The Bertz CT molecular complexity index is 977. The van der Waals surface area contributed by atoms with E-state index in [1.165, 1.54) is 10.4 Å². The standard InChI is InChI=1S/C24H31NO5S/c1-19-13-15-21(16-14-19)31(28,29)25(22(18-26)20-10-6-5-7-11-20)17-9-8-12-23(27)30-24(2,3)4/h5-8,10-16,22,26H,9,17-18H2,1-4H3/b12-8+/t22-/m1/s1. The van der Waals surface area contributed by atoms with Crippen LogP contribution in [0.1, 0.15) is 44.4 Å². The summed E-state index contributed by atoms with van der Waals surface area (Å²) in [7, 11) is -3.88. The van der Waals surface area contributed by atoms with Crippen LogP contribution in [0.3, 0.4) is 0 Å². The van der Waals surface area contributed by atoms with Gasteiger partial charge in [0.2, 0.25) is 10.0 Å². The second-order valence-corrected chi connectivity index (χ2v) is 10.2. The molecule has 31 heavy (non-hydrogen) atoms. The van der Waals surface area contributed by atoms with Crippen molar-refractivity contribution >= 4 is 16.0 Å². The van der Waals surface area contributed by atoms with Crippen molar-refractivity contribution in [2.75, 3.05) is 13.2 Å². The van der Waals surface area contributed by atoms with E-state index in [1.807, 2.05) is 13.0 Å². The molecule has 0 aromatic heterocycles. The monoisotopic (exact) mass is 445 g/mol. The number of hydrogen-bond acceptors (Lipinski definition) is 5. The third-order valence-corrected chi connectivity index (χ3v) is 6.43. The molecule has 168 valence electrons. The molecule has 0 saturated heterocycles. The van der Waals surface area contributed by atoms with E-state index in [0.29, 0.717) is 5.56 Å². The molecule has 0 saturated carbocycles. The van der Waals surface area contributed by atoms with E-state index < -0.39 is 27.6 Å². The fourth-order valence-corrected chi connectivity index (χ4v) is 4.66. The lowest BCUT2D eigenvalue weighted by Crippen LogP contribution is -2.37. The molecule has 7 heteroatoms. The van der Waals surface area contributed by atoms with Gasteiger partial charge in [0.15, 0.2) is 0 Å². The molecular weight excluding hydrogens is 414 g/mol. The third kappa shape index (κ3) is 7.31. The van der Waals surface area contributed by atoms with Gasteiger partial charge in [0, 0.05) is 12.6 Å². The van der Waals surface area contributed by atoms with Gasteiger partial charge in [-0.1, -0.05) is 54.1 Å². The molecule has 0 fully saturated rings. The second-order valence-electron chi connectivity index (χ2n) is 8.26. The van der Waals surface area contributed by atoms with Crippen molar-refractivity contribution in [2.45, 2.75) is 50.7 Å². The number of hydrogen-bond donors (Lipinski definition) is 1. The Labute approximate surface area is 185 Å². The van der Waals surface area contributed by atoms with Crippen LogP contribution in [0, 0.1) is 6.92 Å². The maximum atomic E-state index is 13.4. The average molecular weight is 446 g/mol. The summed E-state index contributed by atoms with van der Waals surface area (Å²) in [5.74, 6) is -0.484. The van der Waals surface area contributed by atoms with Gasteiger partial charge in [-0.2, -0.15) is 4.31 Å².